The number of likely N-dealkylation sites (tertiary alicyclic amines) is 1. The Morgan fingerprint density at radius 1 is 1.19 bits per heavy atom. The van der Waals surface area contributed by atoms with E-state index in [0.29, 0.717) is 13.0 Å². The van der Waals surface area contributed by atoms with Crippen molar-refractivity contribution in [1.29, 1.82) is 0 Å². The summed E-state index contributed by atoms with van der Waals surface area (Å²) in [7, 11) is 0. The van der Waals surface area contributed by atoms with Gasteiger partial charge in [0.05, 0.1) is 12.0 Å². The van der Waals surface area contributed by atoms with Crippen molar-refractivity contribution >= 4 is 11.9 Å². The number of carbonyl (C=O) groups excluding carboxylic acids is 2. The quantitative estimate of drug-likeness (QED) is 0.650. The first-order valence-corrected chi connectivity index (χ1v) is 8.82. The van der Waals surface area contributed by atoms with Crippen molar-refractivity contribution in [3.63, 3.8) is 0 Å². The monoisotopic (exact) mass is 365 g/mol. The first-order valence-electron chi connectivity index (χ1n) is 8.82. The number of carbonyl (C=O) groups is 2. The zero-order chi connectivity index (χ0) is 18.6. The van der Waals surface area contributed by atoms with Crippen LogP contribution in [0.3, 0.4) is 0 Å². The molecule has 1 amide bonds. The summed E-state index contributed by atoms with van der Waals surface area (Å²) in [5.41, 5.74) is 1.81. The minimum atomic E-state index is -0.564. The van der Waals surface area contributed by atoms with Gasteiger partial charge >= 0.3 is 5.97 Å². The predicted octanol–water partition coefficient (Wildman–Crippen LogP) is 2.81. The van der Waals surface area contributed by atoms with E-state index < -0.39 is 6.04 Å². The first kappa shape index (κ1) is 17.1. The fraction of sp³-hybridized carbons (Fsp3) is 0.250. The minimum absolute atomic E-state index is 0.164. The third-order valence-corrected chi connectivity index (χ3v) is 4.60. The van der Waals surface area contributed by atoms with Crippen LogP contribution >= 0.6 is 0 Å². The van der Waals surface area contributed by atoms with E-state index in [1.165, 1.54) is 11.2 Å². The van der Waals surface area contributed by atoms with Crippen LogP contribution in [0.4, 0.5) is 0 Å². The first-order chi connectivity index (χ1) is 13.2. The molecule has 138 valence electrons. The number of amides is 1. The summed E-state index contributed by atoms with van der Waals surface area (Å²) in [6, 6.07) is 12.2. The Bertz CT molecular complexity index is 901. The molecular formula is C20H19N3O4. The number of aromatic nitrogens is 2. The molecule has 1 atom stereocenters. The molecule has 0 unspecified atom stereocenters. The largest absolute Gasteiger partial charge is 0.459 e. The Kier molecular flexibility index (Phi) is 4.74. The zero-order valence-corrected chi connectivity index (χ0v) is 14.7. The van der Waals surface area contributed by atoms with Crippen LogP contribution in [0.1, 0.15) is 29.0 Å². The topological polar surface area (TPSA) is 77.6 Å². The number of rotatable bonds is 5. The third-order valence-electron chi connectivity index (χ3n) is 4.60. The summed E-state index contributed by atoms with van der Waals surface area (Å²) in [6.07, 6.45) is 6.39. The Labute approximate surface area is 156 Å². The van der Waals surface area contributed by atoms with Crippen LogP contribution in [-0.4, -0.2) is 39.1 Å². The summed E-state index contributed by atoms with van der Waals surface area (Å²) in [6.45, 7) is 0.690. The second-order valence-corrected chi connectivity index (χ2v) is 6.36. The molecule has 0 spiro atoms. The highest BCUT2D eigenvalue weighted by molar-refractivity contribution is 5.94. The SMILES string of the molecule is O=C(OCc1ccc(-n2cccn2)cc1)[C@@H]1CCCN1C(=O)c1ccco1. The Balaban J connectivity index is 1.36. The molecule has 0 bridgehead atoms. The van der Waals surface area contributed by atoms with E-state index in [0.717, 1.165) is 17.7 Å². The molecule has 0 N–H and O–H groups in total. The Morgan fingerprint density at radius 3 is 2.74 bits per heavy atom. The molecule has 3 aromatic rings. The maximum atomic E-state index is 12.5. The van der Waals surface area contributed by atoms with E-state index in [1.807, 2.05) is 36.5 Å². The van der Waals surface area contributed by atoms with Gasteiger partial charge in [-0.3, -0.25) is 4.79 Å². The average molecular weight is 365 g/mol. The molecule has 1 fully saturated rings. The lowest BCUT2D eigenvalue weighted by Crippen LogP contribution is -2.41. The van der Waals surface area contributed by atoms with Crippen LogP contribution in [0.2, 0.25) is 0 Å². The van der Waals surface area contributed by atoms with Crippen LogP contribution < -0.4 is 0 Å². The molecule has 3 heterocycles. The van der Waals surface area contributed by atoms with Crippen molar-refractivity contribution in [2.75, 3.05) is 6.54 Å². The van der Waals surface area contributed by atoms with Crippen LogP contribution in [0.25, 0.3) is 5.69 Å². The molecule has 4 rings (SSSR count). The highest BCUT2D eigenvalue weighted by Crippen LogP contribution is 2.22. The van der Waals surface area contributed by atoms with E-state index in [9.17, 15) is 9.59 Å². The van der Waals surface area contributed by atoms with Gasteiger partial charge in [-0.25, -0.2) is 9.48 Å². The molecule has 1 aromatic carbocycles. The van der Waals surface area contributed by atoms with E-state index in [-0.39, 0.29) is 24.2 Å². The predicted molar refractivity (Wildman–Crippen MR) is 96.1 cm³/mol. The molecule has 7 heteroatoms. The molecular weight excluding hydrogens is 346 g/mol. The summed E-state index contributed by atoms with van der Waals surface area (Å²) in [5.74, 6) is -0.421. The van der Waals surface area contributed by atoms with Crippen LogP contribution in [0.15, 0.2) is 65.5 Å². The molecule has 1 saturated heterocycles. The van der Waals surface area contributed by atoms with Gasteiger partial charge in [-0.05, 0) is 48.7 Å². The number of hydrogen-bond donors (Lipinski definition) is 0. The zero-order valence-electron chi connectivity index (χ0n) is 14.7. The standard InChI is InChI=1S/C20H19N3O4/c24-19(18-5-2-13-26-18)22-11-1-4-17(22)20(25)27-14-15-6-8-16(9-7-15)23-12-3-10-21-23/h2-3,5-10,12-13,17H,1,4,11,14H2/t17-/m0/s1. The van der Waals surface area contributed by atoms with Crippen molar-refractivity contribution in [2.24, 2.45) is 0 Å². The van der Waals surface area contributed by atoms with E-state index in [1.54, 1.807) is 23.0 Å². The molecule has 0 saturated carbocycles. The lowest BCUT2D eigenvalue weighted by atomic mass is 10.2. The number of esters is 1. The lowest BCUT2D eigenvalue weighted by molar-refractivity contribution is -0.149. The number of furan rings is 1. The molecule has 1 aliphatic heterocycles. The number of ether oxygens (including phenoxy) is 1. The summed E-state index contributed by atoms with van der Waals surface area (Å²) in [4.78, 5) is 26.5. The second kappa shape index (κ2) is 7.49. The van der Waals surface area contributed by atoms with Gasteiger partial charge in [0.1, 0.15) is 12.6 Å². The second-order valence-electron chi connectivity index (χ2n) is 6.36. The molecule has 2 aromatic heterocycles. The Hall–Kier alpha value is -3.35. The van der Waals surface area contributed by atoms with Gasteiger partial charge < -0.3 is 14.1 Å². The van der Waals surface area contributed by atoms with Crippen LogP contribution in [0, 0.1) is 0 Å². The number of hydrogen-bond acceptors (Lipinski definition) is 5. The minimum Gasteiger partial charge on any atom is -0.459 e. The molecule has 1 aliphatic rings. The van der Waals surface area contributed by atoms with Crippen LogP contribution in [-0.2, 0) is 16.1 Å². The average Bonchev–Trinajstić information content (AvgIpc) is 3.47. The maximum absolute atomic E-state index is 12.5. The van der Waals surface area contributed by atoms with Crippen molar-refractivity contribution in [3.05, 3.63) is 72.4 Å². The smallest absolute Gasteiger partial charge is 0.329 e. The summed E-state index contributed by atoms with van der Waals surface area (Å²) in [5, 5.41) is 4.17. The molecule has 7 nitrogen and oxygen atoms in total. The summed E-state index contributed by atoms with van der Waals surface area (Å²) >= 11 is 0. The van der Waals surface area contributed by atoms with Gasteiger partial charge in [-0.1, -0.05) is 12.1 Å². The highest BCUT2D eigenvalue weighted by atomic mass is 16.5. The highest BCUT2D eigenvalue weighted by Gasteiger charge is 2.36. The van der Waals surface area contributed by atoms with Crippen LogP contribution in [0.5, 0.6) is 0 Å². The third kappa shape index (κ3) is 3.62. The van der Waals surface area contributed by atoms with Crippen molar-refractivity contribution in [3.8, 4) is 5.69 Å². The van der Waals surface area contributed by atoms with Gasteiger partial charge in [0, 0.05) is 18.9 Å². The fourth-order valence-corrected chi connectivity index (χ4v) is 3.21. The summed E-state index contributed by atoms with van der Waals surface area (Å²) < 4.78 is 12.4. The fourth-order valence-electron chi connectivity index (χ4n) is 3.21. The van der Waals surface area contributed by atoms with E-state index in [4.69, 9.17) is 9.15 Å². The molecule has 0 aliphatic carbocycles. The van der Waals surface area contributed by atoms with Gasteiger partial charge in [-0.2, -0.15) is 5.10 Å². The number of nitrogens with zero attached hydrogens (tertiary/aromatic N) is 3. The van der Waals surface area contributed by atoms with Gasteiger partial charge in [0.2, 0.25) is 0 Å². The maximum Gasteiger partial charge on any atom is 0.329 e. The van der Waals surface area contributed by atoms with Crippen molar-refractivity contribution in [1.82, 2.24) is 14.7 Å². The molecule has 27 heavy (non-hydrogen) atoms. The van der Waals surface area contributed by atoms with E-state index in [2.05, 4.69) is 5.10 Å². The van der Waals surface area contributed by atoms with Crippen molar-refractivity contribution < 1.29 is 18.7 Å². The molecule has 0 radical (unpaired) electrons. The van der Waals surface area contributed by atoms with Gasteiger partial charge in [0.25, 0.3) is 5.91 Å². The van der Waals surface area contributed by atoms with E-state index >= 15 is 0 Å². The Morgan fingerprint density at radius 2 is 2.04 bits per heavy atom. The van der Waals surface area contributed by atoms with Gasteiger partial charge in [-0.15, -0.1) is 0 Å². The normalized spacial score (nSPS) is 16.4. The number of benzene rings is 1. The van der Waals surface area contributed by atoms with Crippen molar-refractivity contribution in [2.45, 2.75) is 25.5 Å². The lowest BCUT2D eigenvalue weighted by Gasteiger charge is -2.22. The van der Waals surface area contributed by atoms with Gasteiger partial charge in [0.15, 0.2) is 5.76 Å².